The van der Waals surface area contributed by atoms with Crippen molar-refractivity contribution in [2.75, 3.05) is 0 Å². The molecular weight excluding hydrogens is 236 g/mol. The summed E-state index contributed by atoms with van der Waals surface area (Å²) in [4.78, 5) is 0. The first kappa shape index (κ1) is 13.1. The maximum absolute atomic E-state index is 10.2. The minimum atomic E-state index is -0.138. The lowest BCUT2D eigenvalue weighted by atomic mass is 9.56. The summed E-state index contributed by atoms with van der Waals surface area (Å²) in [5.74, 6) is 0. The van der Waals surface area contributed by atoms with Crippen molar-refractivity contribution in [3.8, 4) is 0 Å². The van der Waals surface area contributed by atoms with E-state index < -0.39 is 0 Å². The Balaban J connectivity index is 1.67. The zero-order valence-corrected chi connectivity index (χ0v) is 11.7. The fourth-order valence-corrected chi connectivity index (χ4v) is 3.83. The minimum absolute atomic E-state index is 0.0707. The molecule has 3 unspecified atom stereocenters. The van der Waals surface area contributed by atoms with Crippen molar-refractivity contribution < 1.29 is 9.84 Å². The molecule has 2 heteroatoms. The van der Waals surface area contributed by atoms with Crippen LogP contribution in [0.4, 0.5) is 0 Å². The molecule has 2 fully saturated rings. The van der Waals surface area contributed by atoms with Gasteiger partial charge in [0.15, 0.2) is 0 Å². The van der Waals surface area contributed by atoms with Gasteiger partial charge in [-0.15, -0.1) is 0 Å². The normalized spacial score (nSPS) is 30.8. The number of benzene rings is 1. The van der Waals surface area contributed by atoms with E-state index >= 15 is 0 Å². The maximum Gasteiger partial charge on any atom is 0.0800 e. The van der Waals surface area contributed by atoms with Crippen LogP contribution < -0.4 is 0 Å². The van der Waals surface area contributed by atoms with E-state index in [9.17, 15) is 5.11 Å². The van der Waals surface area contributed by atoms with Gasteiger partial charge in [-0.05, 0) is 25.3 Å². The molecule has 0 saturated heterocycles. The topological polar surface area (TPSA) is 29.5 Å². The lowest BCUT2D eigenvalue weighted by Crippen LogP contribution is -2.59. The molecule has 0 heterocycles. The molecule has 2 nitrogen and oxygen atoms in total. The summed E-state index contributed by atoms with van der Waals surface area (Å²) in [6.07, 6.45) is 7.14. The van der Waals surface area contributed by atoms with E-state index in [4.69, 9.17) is 4.74 Å². The summed E-state index contributed by atoms with van der Waals surface area (Å²) in [5.41, 5.74) is 1.30. The third-order valence-electron chi connectivity index (χ3n) is 5.16. The standard InChI is InChI=1S/C17H24O2/c1-13(14-8-4-2-5-9-14)19-16-12-15(18)17(16)10-6-3-7-11-17/h2,4-5,8-9,13,15-16,18H,3,6-7,10-12H2,1H3. The Morgan fingerprint density at radius 1 is 1.16 bits per heavy atom. The van der Waals surface area contributed by atoms with Crippen molar-refractivity contribution in [3.63, 3.8) is 0 Å². The van der Waals surface area contributed by atoms with Crippen molar-refractivity contribution in [2.45, 2.75) is 63.8 Å². The van der Waals surface area contributed by atoms with Gasteiger partial charge in [0.2, 0.25) is 0 Å². The van der Waals surface area contributed by atoms with Gasteiger partial charge in [0.05, 0.1) is 18.3 Å². The Morgan fingerprint density at radius 2 is 1.84 bits per heavy atom. The molecule has 0 aromatic heterocycles. The first-order valence-corrected chi connectivity index (χ1v) is 7.61. The van der Waals surface area contributed by atoms with Gasteiger partial charge in [-0.3, -0.25) is 0 Å². The van der Waals surface area contributed by atoms with Crippen LogP contribution in [0.1, 0.15) is 57.1 Å². The maximum atomic E-state index is 10.2. The van der Waals surface area contributed by atoms with Crippen molar-refractivity contribution in [2.24, 2.45) is 5.41 Å². The van der Waals surface area contributed by atoms with E-state index in [2.05, 4.69) is 31.2 Å². The third kappa shape index (κ3) is 2.32. The highest BCUT2D eigenvalue weighted by molar-refractivity contribution is 5.17. The van der Waals surface area contributed by atoms with E-state index in [1.807, 2.05) is 6.07 Å². The largest absolute Gasteiger partial charge is 0.392 e. The number of hydrogen-bond donors (Lipinski definition) is 1. The van der Waals surface area contributed by atoms with Crippen LogP contribution in [0.15, 0.2) is 30.3 Å². The van der Waals surface area contributed by atoms with Crippen LogP contribution in [0.5, 0.6) is 0 Å². The van der Waals surface area contributed by atoms with Crippen LogP contribution in [0.3, 0.4) is 0 Å². The molecule has 2 aliphatic rings. The average Bonchev–Trinajstić information content (AvgIpc) is 2.48. The Kier molecular flexibility index (Phi) is 3.64. The molecule has 0 aliphatic heterocycles. The van der Waals surface area contributed by atoms with Gasteiger partial charge in [0.1, 0.15) is 0 Å². The predicted molar refractivity (Wildman–Crippen MR) is 75.9 cm³/mol. The van der Waals surface area contributed by atoms with Crippen molar-refractivity contribution in [1.29, 1.82) is 0 Å². The molecule has 1 aromatic carbocycles. The second-order valence-electron chi connectivity index (χ2n) is 6.22. The molecule has 1 N–H and O–H groups in total. The second-order valence-corrected chi connectivity index (χ2v) is 6.22. The highest BCUT2D eigenvalue weighted by Gasteiger charge is 2.55. The number of aliphatic hydroxyl groups excluding tert-OH is 1. The van der Waals surface area contributed by atoms with Gasteiger partial charge in [-0.1, -0.05) is 49.6 Å². The number of rotatable bonds is 3. The van der Waals surface area contributed by atoms with E-state index in [0.717, 1.165) is 19.3 Å². The number of aliphatic hydroxyl groups is 1. The van der Waals surface area contributed by atoms with Crippen molar-refractivity contribution >= 4 is 0 Å². The lowest BCUT2D eigenvalue weighted by molar-refractivity contribution is -0.221. The van der Waals surface area contributed by atoms with Gasteiger partial charge in [0.25, 0.3) is 0 Å². The van der Waals surface area contributed by atoms with Crippen LogP contribution >= 0.6 is 0 Å². The zero-order chi connectivity index (χ0) is 13.3. The highest BCUT2D eigenvalue weighted by Crippen LogP contribution is 2.54. The van der Waals surface area contributed by atoms with E-state index in [-0.39, 0.29) is 23.7 Å². The first-order chi connectivity index (χ1) is 9.22. The third-order valence-corrected chi connectivity index (χ3v) is 5.16. The van der Waals surface area contributed by atoms with E-state index in [1.165, 1.54) is 24.8 Å². The van der Waals surface area contributed by atoms with E-state index in [0.29, 0.717) is 0 Å². The van der Waals surface area contributed by atoms with Crippen LogP contribution in [0.25, 0.3) is 0 Å². The Bertz CT molecular complexity index is 409. The van der Waals surface area contributed by atoms with Crippen LogP contribution in [-0.4, -0.2) is 17.3 Å². The molecule has 19 heavy (non-hydrogen) atoms. The summed E-state index contributed by atoms with van der Waals surface area (Å²) < 4.78 is 6.28. The zero-order valence-electron chi connectivity index (χ0n) is 11.7. The fraction of sp³-hybridized carbons (Fsp3) is 0.647. The molecule has 1 spiro atoms. The summed E-state index contributed by atoms with van der Waals surface area (Å²) in [6.45, 7) is 2.12. The molecule has 104 valence electrons. The Morgan fingerprint density at radius 3 is 2.47 bits per heavy atom. The van der Waals surface area contributed by atoms with Crippen molar-refractivity contribution in [3.05, 3.63) is 35.9 Å². The summed E-state index contributed by atoms with van der Waals surface area (Å²) in [5, 5.41) is 10.2. The SMILES string of the molecule is CC(OC1CC(O)C12CCCCC2)c1ccccc1. The summed E-state index contributed by atoms with van der Waals surface area (Å²) in [7, 11) is 0. The molecule has 0 amide bonds. The predicted octanol–water partition coefficient (Wildman–Crippen LogP) is 3.85. The summed E-state index contributed by atoms with van der Waals surface area (Å²) >= 11 is 0. The average molecular weight is 260 g/mol. The second kappa shape index (κ2) is 5.26. The molecule has 2 aliphatic carbocycles. The summed E-state index contributed by atoms with van der Waals surface area (Å²) in [6, 6.07) is 10.4. The molecule has 1 aromatic rings. The molecule has 3 rings (SSSR count). The van der Waals surface area contributed by atoms with Gasteiger partial charge < -0.3 is 9.84 Å². The van der Waals surface area contributed by atoms with Crippen LogP contribution in [0.2, 0.25) is 0 Å². The molecule has 0 bridgehead atoms. The highest BCUT2D eigenvalue weighted by atomic mass is 16.5. The van der Waals surface area contributed by atoms with Crippen molar-refractivity contribution in [1.82, 2.24) is 0 Å². The Labute approximate surface area is 115 Å². The minimum Gasteiger partial charge on any atom is -0.392 e. The fourth-order valence-electron chi connectivity index (χ4n) is 3.83. The van der Waals surface area contributed by atoms with Gasteiger partial charge in [-0.25, -0.2) is 0 Å². The van der Waals surface area contributed by atoms with Crippen LogP contribution in [-0.2, 0) is 4.74 Å². The molecular formula is C17H24O2. The van der Waals surface area contributed by atoms with Gasteiger partial charge in [0, 0.05) is 11.8 Å². The number of hydrogen-bond acceptors (Lipinski definition) is 2. The smallest absolute Gasteiger partial charge is 0.0800 e. The van der Waals surface area contributed by atoms with Gasteiger partial charge in [-0.2, -0.15) is 0 Å². The Hall–Kier alpha value is -0.860. The lowest BCUT2D eigenvalue weighted by Gasteiger charge is -2.56. The monoisotopic (exact) mass is 260 g/mol. The van der Waals surface area contributed by atoms with Crippen LogP contribution in [0, 0.1) is 5.41 Å². The van der Waals surface area contributed by atoms with E-state index in [1.54, 1.807) is 0 Å². The molecule has 3 atom stereocenters. The molecule has 2 saturated carbocycles. The number of ether oxygens (including phenoxy) is 1. The quantitative estimate of drug-likeness (QED) is 0.894. The van der Waals surface area contributed by atoms with Gasteiger partial charge >= 0.3 is 0 Å². The first-order valence-electron chi connectivity index (χ1n) is 7.61. The molecule has 0 radical (unpaired) electrons.